The van der Waals surface area contributed by atoms with Gasteiger partial charge in [-0.1, -0.05) is 17.7 Å². The molecular weight excluding hydrogens is 207 g/mol. The number of benzene rings is 1. The second kappa shape index (κ2) is 4.10. The van der Waals surface area contributed by atoms with Crippen LogP contribution in [0.3, 0.4) is 0 Å². The van der Waals surface area contributed by atoms with Crippen LogP contribution in [0.2, 0.25) is 0 Å². The van der Waals surface area contributed by atoms with Gasteiger partial charge in [-0.15, -0.1) is 0 Å². The van der Waals surface area contributed by atoms with Gasteiger partial charge in [0, 0.05) is 5.56 Å². The third-order valence-electron chi connectivity index (χ3n) is 2.60. The number of aliphatic hydroxyl groups is 1. The van der Waals surface area contributed by atoms with Gasteiger partial charge in [-0.05, 0) is 31.5 Å². The summed E-state index contributed by atoms with van der Waals surface area (Å²) in [5.41, 5.74) is 1.96. The summed E-state index contributed by atoms with van der Waals surface area (Å²) in [5.74, 6) is -0.0293. The number of furan rings is 1. The molecule has 1 aromatic carbocycles. The highest BCUT2D eigenvalue weighted by molar-refractivity contribution is 5.32. The lowest BCUT2D eigenvalue weighted by atomic mass is 10.0. The van der Waals surface area contributed by atoms with E-state index in [1.807, 2.05) is 13.8 Å². The van der Waals surface area contributed by atoms with E-state index in [2.05, 4.69) is 0 Å². The summed E-state index contributed by atoms with van der Waals surface area (Å²) in [6.45, 7) is 3.67. The summed E-state index contributed by atoms with van der Waals surface area (Å²) >= 11 is 0. The molecule has 2 rings (SSSR count). The maximum Gasteiger partial charge on any atom is 0.140 e. The van der Waals surface area contributed by atoms with Gasteiger partial charge >= 0.3 is 0 Å². The molecule has 2 nitrogen and oxygen atoms in total. The summed E-state index contributed by atoms with van der Waals surface area (Å²) in [5, 5.41) is 10.0. The molecule has 0 radical (unpaired) electrons. The molecule has 1 heterocycles. The van der Waals surface area contributed by atoms with Crippen molar-refractivity contribution in [2.45, 2.75) is 20.0 Å². The van der Waals surface area contributed by atoms with Crippen molar-refractivity contribution in [3.63, 3.8) is 0 Å². The van der Waals surface area contributed by atoms with E-state index in [0.717, 1.165) is 11.1 Å². The normalized spacial score (nSPS) is 12.8. The van der Waals surface area contributed by atoms with Crippen molar-refractivity contribution in [1.82, 2.24) is 0 Å². The number of hydrogen-bond donors (Lipinski definition) is 1. The van der Waals surface area contributed by atoms with Gasteiger partial charge in [-0.25, -0.2) is 4.39 Å². The first kappa shape index (κ1) is 10.9. The van der Waals surface area contributed by atoms with E-state index < -0.39 is 11.9 Å². The smallest absolute Gasteiger partial charge is 0.140 e. The molecule has 3 heteroatoms. The van der Waals surface area contributed by atoms with Crippen LogP contribution >= 0.6 is 0 Å². The summed E-state index contributed by atoms with van der Waals surface area (Å²) in [4.78, 5) is 0. The minimum absolute atomic E-state index is 0.248. The Labute approximate surface area is 93.3 Å². The van der Waals surface area contributed by atoms with Gasteiger partial charge < -0.3 is 9.52 Å². The van der Waals surface area contributed by atoms with Gasteiger partial charge in [-0.3, -0.25) is 0 Å². The van der Waals surface area contributed by atoms with Crippen LogP contribution in [0.15, 0.2) is 34.9 Å². The highest BCUT2D eigenvalue weighted by Gasteiger charge is 2.19. The summed E-state index contributed by atoms with van der Waals surface area (Å²) < 4.78 is 18.7. The quantitative estimate of drug-likeness (QED) is 0.843. The Morgan fingerprint density at radius 2 is 2.00 bits per heavy atom. The highest BCUT2D eigenvalue weighted by atomic mass is 19.1. The lowest BCUT2D eigenvalue weighted by molar-refractivity contribution is 0.183. The molecule has 1 aromatic heterocycles. The largest absolute Gasteiger partial charge is 0.466 e. The zero-order chi connectivity index (χ0) is 11.7. The van der Waals surface area contributed by atoms with Crippen molar-refractivity contribution >= 4 is 0 Å². The minimum atomic E-state index is -1.05. The fourth-order valence-electron chi connectivity index (χ4n) is 1.68. The van der Waals surface area contributed by atoms with E-state index in [9.17, 15) is 9.50 Å². The molecule has 0 spiro atoms. The third-order valence-corrected chi connectivity index (χ3v) is 2.60. The minimum Gasteiger partial charge on any atom is -0.466 e. The summed E-state index contributed by atoms with van der Waals surface area (Å²) in [6.07, 6.45) is 0.441. The van der Waals surface area contributed by atoms with Crippen molar-refractivity contribution < 1.29 is 13.9 Å². The predicted molar refractivity (Wildman–Crippen MR) is 58.6 cm³/mol. The Kier molecular flexibility index (Phi) is 2.79. The number of aryl methyl sites for hydroxylation is 2. The molecule has 0 fully saturated rings. The Hall–Kier alpha value is -1.61. The molecule has 16 heavy (non-hydrogen) atoms. The Bertz CT molecular complexity index is 502. The van der Waals surface area contributed by atoms with Gasteiger partial charge in [0.15, 0.2) is 0 Å². The number of aliphatic hydroxyl groups excluding tert-OH is 1. The SMILES string of the molecule is Cc1ccc(F)c(C(O)c2occc2C)c1. The monoisotopic (exact) mass is 220 g/mol. The van der Waals surface area contributed by atoms with Gasteiger partial charge in [0.1, 0.15) is 17.7 Å². The zero-order valence-corrected chi connectivity index (χ0v) is 9.20. The van der Waals surface area contributed by atoms with Crippen molar-refractivity contribution in [2.75, 3.05) is 0 Å². The Morgan fingerprint density at radius 3 is 2.62 bits per heavy atom. The zero-order valence-electron chi connectivity index (χ0n) is 9.20. The molecule has 84 valence electrons. The van der Waals surface area contributed by atoms with Crippen molar-refractivity contribution in [1.29, 1.82) is 0 Å². The number of halogens is 1. The standard InChI is InChI=1S/C13H13FO2/c1-8-3-4-11(14)10(7-8)12(15)13-9(2)5-6-16-13/h3-7,12,15H,1-2H3. The van der Waals surface area contributed by atoms with Crippen LogP contribution in [0, 0.1) is 19.7 Å². The first-order chi connectivity index (χ1) is 7.59. The average molecular weight is 220 g/mol. The van der Waals surface area contributed by atoms with Crippen LogP contribution in [0.4, 0.5) is 4.39 Å². The van der Waals surface area contributed by atoms with E-state index in [1.165, 1.54) is 12.3 Å². The van der Waals surface area contributed by atoms with E-state index in [0.29, 0.717) is 5.76 Å². The summed E-state index contributed by atoms with van der Waals surface area (Å²) in [7, 11) is 0. The second-order valence-corrected chi connectivity index (χ2v) is 3.90. The Balaban J connectivity index is 2.45. The number of rotatable bonds is 2. The number of hydrogen-bond acceptors (Lipinski definition) is 2. The van der Waals surface area contributed by atoms with Gasteiger partial charge in [0.2, 0.25) is 0 Å². The summed E-state index contributed by atoms with van der Waals surface area (Å²) in [6, 6.07) is 6.39. The maximum absolute atomic E-state index is 13.5. The van der Waals surface area contributed by atoms with Crippen molar-refractivity contribution in [3.05, 3.63) is 58.8 Å². The molecule has 0 bridgehead atoms. The molecule has 0 aliphatic carbocycles. The fraction of sp³-hybridized carbons (Fsp3) is 0.231. The first-order valence-electron chi connectivity index (χ1n) is 5.07. The van der Waals surface area contributed by atoms with Crippen LogP contribution in [-0.2, 0) is 0 Å². The van der Waals surface area contributed by atoms with Gasteiger partial charge in [-0.2, -0.15) is 0 Å². The molecule has 1 unspecified atom stereocenters. The van der Waals surface area contributed by atoms with Crippen LogP contribution in [0.25, 0.3) is 0 Å². The molecule has 0 aliphatic heterocycles. The molecule has 1 atom stereocenters. The lowest BCUT2D eigenvalue weighted by Crippen LogP contribution is -2.03. The molecular formula is C13H13FO2. The Morgan fingerprint density at radius 1 is 1.25 bits per heavy atom. The van der Waals surface area contributed by atoms with Crippen LogP contribution in [-0.4, -0.2) is 5.11 Å². The lowest BCUT2D eigenvalue weighted by Gasteiger charge is -2.11. The topological polar surface area (TPSA) is 33.4 Å². The van der Waals surface area contributed by atoms with Crippen LogP contribution in [0.5, 0.6) is 0 Å². The fourth-order valence-corrected chi connectivity index (χ4v) is 1.68. The van der Waals surface area contributed by atoms with Crippen molar-refractivity contribution in [2.24, 2.45) is 0 Å². The molecule has 0 aliphatic rings. The maximum atomic E-state index is 13.5. The molecule has 0 saturated carbocycles. The van der Waals surface area contributed by atoms with Gasteiger partial charge in [0.25, 0.3) is 0 Å². The second-order valence-electron chi connectivity index (χ2n) is 3.90. The van der Waals surface area contributed by atoms with E-state index in [4.69, 9.17) is 4.42 Å². The van der Waals surface area contributed by atoms with E-state index >= 15 is 0 Å². The van der Waals surface area contributed by atoms with Gasteiger partial charge in [0.05, 0.1) is 6.26 Å². The third kappa shape index (κ3) is 1.86. The average Bonchev–Trinajstić information content (AvgIpc) is 2.67. The van der Waals surface area contributed by atoms with E-state index in [-0.39, 0.29) is 5.56 Å². The van der Waals surface area contributed by atoms with E-state index in [1.54, 1.807) is 18.2 Å². The molecule has 2 aromatic rings. The molecule has 0 saturated heterocycles. The van der Waals surface area contributed by atoms with Crippen molar-refractivity contribution in [3.8, 4) is 0 Å². The van der Waals surface area contributed by atoms with Crippen LogP contribution in [0.1, 0.15) is 28.6 Å². The first-order valence-corrected chi connectivity index (χ1v) is 5.07. The predicted octanol–water partition coefficient (Wildman–Crippen LogP) is 3.12. The molecule has 0 amide bonds. The molecule has 1 N–H and O–H groups in total. The highest BCUT2D eigenvalue weighted by Crippen LogP contribution is 2.27. The van der Waals surface area contributed by atoms with Crippen LogP contribution < -0.4 is 0 Å².